The molecule has 0 amide bonds. The van der Waals surface area contributed by atoms with Crippen LogP contribution in [0.25, 0.3) is 0 Å². The van der Waals surface area contributed by atoms with Crippen LogP contribution in [0.1, 0.15) is 49.7 Å². The van der Waals surface area contributed by atoms with Gasteiger partial charge in [-0.15, -0.1) is 0 Å². The van der Waals surface area contributed by atoms with Crippen LogP contribution in [-0.2, 0) is 12.8 Å². The fourth-order valence-corrected chi connectivity index (χ4v) is 3.22. The van der Waals surface area contributed by atoms with Gasteiger partial charge in [-0.3, -0.25) is 0 Å². The maximum Gasteiger partial charge on any atom is -0.00773 e. The van der Waals surface area contributed by atoms with E-state index in [0.29, 0.717) is 0 Å². The standard InChI is InChI=1S/C22H31N/c23-19-9-3-8-14-22(17-15-20-10-4-1-5-11-20)18-16-21-12-6-2-7-13-21/h1-2,4-7,10-13,22H,3,8-9,14-19,23H2. The number of unbranched alkanes of at least 4 members (excludes halogenated alkanes) is 2. The van der Waals surface area contributed by atoms with Gasteiger partial charge in [0.05, 0.1) is 0 Å². The van der Waals surface area contributed by atoms with Gasteiger partial charge in [0.1, 0.15) is 0 Å². The fraction of sp³-hybridized carbons (Fsp3) is 0.455. The van der Waals surface area contributed by atoms with Gasteiger partial charge in [-0.1, -0.05) is 79.9 Å². The topological polar surface area (TPSA) is 26.0 Å². The molecule has 1 nitrogen and oxygen atoms in total. The Morgan fingerprint density at radius 2 is 1.13 bits per heavy atom. The highest BCUT2D eigenvalue weighted by Gasteiger charge is 2.09. The molecule has 0 aliphatic rings. The molecule has 0 unspecified atom stereocenters. The lowest BCUT2D eigenvalue weighted by Gasteiger charge is -2.17. The summed E-state index contributed by atoms with van der Waals surface area (Å²) in [6.45, 7) is 0.832. The van der Waals surface area contributed by atoms with Crippen LogP contribution < -0.4 is 5.73 Å². The van der Waals surface area contributed by atoms with E-state index >= 15 is 0 Å². The number of rotatable bonds is 11. The highest BCUT2D eigenvalue weighted by molar-refractivity contribution is 5.15. The Morgan fingerprint density at radius 3 is 1.61 bits per heavy atom. The predicted octanol–water partition coefficient (Wildman–Crippen LogP) is 5.39. The van der Waals surface area contributed by atoms with E-state index in [2.05, 4.69) is 60.7 Å². The monoisotopic (exact) mass is 309 g/mol. The average molecular weight is 309 g/mol. The molecular formula is C22H31N. The number of nitrogens with two attached hydrogens (primary N) is 1. The van der Waals surface area contributed by atoms with Gasteiger partial charge in [0.2, 0.25) is 0 Å². The third-order valence-electron chi connectivity index (χ3n) is 4.68. The smallest absolute Gasteiger partial charge is 0.00773 e. The van der Waals surface area contributed by atoms with Gasteiger partial charge in [-0.2, -0.15) is 0 Å². The molecule has 0 fully saturated rings. The normalized spacial score (nSPS) is 11.0. The van der Waals surface area contributed by atoms with Crippen LogP contribution in [0.15, 0.2) is 60.7 Å². The molecule has 2 aromatic rings. The maximum absolute atomic E-state index is 5.61. The zero-order valence-corrected chi connectivity index (χ0v) is 14.3. The first-order valence-corrected chi connectivity index (χ1v) is 9.16. The number of aryl methyl sites for hydroxylation is 2. The summed E-state index contributed by atoms with van der Waals surface area (Å²) in [6, 6.07) is 21.8. The van der Waals surface area contributed by atoms with Gasteiger partial charge in [0.15, 0.2) is 0 Å². The summed E-state index contributed by atoms with van der Waals surface area (Å²) in [7, 11) is 0. The maximum atomic E-state index is 5.61. The van der Waals surface area contributed by atoms with Crippen molar-refractivity contribution in [1.29, 1.82) is 0 Å². The van der Waals surface area contributed by atoms with Crippen molar-refractivity contribution in [2.45, 2.75) is 51.4 Å². The molecule has 1 heteroatoms. The summed E-state index contributed by atoms with van der Waals surface area (Å²) in [5.74, 6) is 0.827. The fourth-order valence-electron chi connectivity index (χ4n) is 3.22. The minimum Gasteiger partial charge on any atom is -0.330 e. The van der Waals surface area contributed by atoms with E-state index in [9.17, 15) is 0 Å². The first kappa shape index (κ1) is 17.7. The van der Waals surface area contributed by atoms with Gasteiger partial charge in [-0.05, 0) is 55.7 Å². The van der Waals surface area contributed by atoms with Crippen LogP contribution in [0.5, 0.6) is 0 Å². The molecule has 23 heavy (non-hydrogen) atoms. The molecule has 0 bridgehead atoms. The molecule has 2 aromatic carbocycles. The molecule has 124 valence electrons. The lowest BCUT2D eigenvalue weighted by atomic mass is 9.89. The largest absolute Gasteiger partial charge is 0.330 e. The van der Waals surface area contributed by atoms with Crippen LogP contribution >= 0.6 is 0 Å². The Morgan fingerprint density at radius 1 is 0.609 bits per heavy atom. The Bertz CT molecular complexity index is 463. The van der Waals surface area contributed by atoms with Gasteiger partial charge in [0, 0.05) is 0 Å². The molecule has 0 atom stereocenters. The molecule has 0 saturated carbocycles. The Balaban J connectivity index is 1.80. The van der Waals surface area contributed by atoms with Gasteiger partial charge < -0.3 is 5.73 Å². The third kappa shape index (κ3) is 7.47. The molecule has 0 heterocycles. The van der Waals surface area contributed by atoms with Crippen molar-refractivity contribution in [3.63, 3.8) is 0 Å². The second kappa shape index (κ2) is 11.0. The van der Waals surface area contributed by atoms with Crippen molar-refractivity contribution in [1.82, 2.24) is 0 Å². The average Bonchev–Trinajstić information content (AvgIpc) is 2.62. The van der Waals surface area contributed by atoms with Crippen LogP contribution in [0.3, 0.4) is 0 Å². The summed E-state index contributed by atoms with van der Waals surface area (Å²) in [6.07, 6.45) is 10.1. The lowest BCUT2D eigenvalue weighted by Crippen LogP contribution is -2.06. The van der Waals surface area contributed by atoms with E-state index < -0.39 is 0 Å². The summed E-state index contributed by atoms with van der Waals surface area (Å²) >= 11 is 0. The van der Waals surface area contributed by atoms with Crippen molar-refractivity contribution in [2.75, 3.05) is 6.54 Å². The van der Waals surface area contributed by atoms with E-state index in [4.69, 9.17) is 5.73 Å². The lowest BCUT2D eigenvalue weighted by molar-refractivity contribution is 0.401. The van der Waals surface area contributed by atoms with Crippen LogP contribution in [0, 0.1) is 5.92 Å². The molecule has 0 saturated heterocycles. The first-order chi connectivity index (χ1) is 11.4. The van der Waals surface area contributed by atoms with E-state index in [1.807, 2.05) is 0 Å². The van der Waals surface area contributed by atoms with Crippen molar-refractivity contribution < 1.29 is 0 Å². The van der Waals surface area contributed by atoms with Gasteiger partial charge in [0.25, 0.3) is 0 Å². The van der Waals surface area contributed by atoms with E-state index in [1.54, 1.807) is 0 Å². The summed E-state index contributed by atoms with van der Waals surface area (Å²) in [5, 5.41) is 0. The molecule has 0 spiro atoms. The van der Waals surface area contributed by atoms with Crippen molar-refractivity contribution in [2.24, 2.45) is 11.7 Å². The molecule has 2 rings (SSSR count). The van der Waals surface area contributed by atoms with Gasteiger partial charge in [-0.25, -0.2) is 0 Å². The SMILES string of the molecule is NCCCCCC(CCc1ccccc1)CCc1ccccc1. The predicted molar refractivity (Wildman–Crippen MR) is 101 cm³/mol. The second-order valence-electron chi connectivity index (χ2n) is 6.55. The Hall–Kier alpha value is -1.60. The molecule has 0 radical (unpaired) electrons. The first-order valence-electron chi connectivity index (χ1n) is 9.16. The minimum atomic E-state index is 0.827. The Labute approximate surface area is 141 Å². The van der Waals surface area contributed by atoms with Crippen molar-refractivity contribution in [3.8, 4) is 0 Å². The zero-order chi connectivity index (χ0) is 16.2. The highest BCUT2D eigenvalue weighted by atomic mass is 14.5. The molecule has 2 N–H and O–H groups in total. The highest BCUT2D eigenvalue weighted by Crippen LogP contribution is 2.22. The van der Waals surface area contributed by atoms with E-state index in [-0.39, 0.29) is 0 Å². The molecule has 0 aliphatic heterocycles. The summed E-state index contributed by atoms with van der Waals surface area (Å²) in [4.78, 5) is 0. The van der Waals surface area contributed by atoms with E-state index in [1.165, 1.54) is 62.5 Å². The summed E-state index contributed by atoms with van der Waals surface area (Å²) < 4.78 is 0. The molecule has 0 aliphatic carbocycles. The Kier molecular flexibility index (Phi) is 8.50. The summed E-state index contributed by atoms with van der Waals surface area (Å²) in [5.41, 5.74) is 8.56. The van der Waals surface area contributed by atoms with E-state index in [0.717, 1.165) is 12.5 Å². The second-order valence-corrected chi connectivity index (χ2v) is 6.55. The zero-order valence-electron chi connectivity index (χ0n) is 14.3. The molecule has 0 aromatic heterocycles. The van der Waals surface area contributed by atoms with Crippen LogP contribution in [0.2, 0.25) is 0 Å². The number of hydrogen-bond donors (Lipinski definition) is 1. The van der Waals surface area contributed by atoms with Crippen molar-refractivity contribution in [3.05, 3.63) is 71.8 Å². The van der Waals surface area contributed by atoms with Crippen LogP contribution in [0.4, 0.5) is 0 Å². The minimum absolute atomic E-state index is 0.827. The third-order valence-corrected chi connectivity index (χ3v) is 4.68. The number of hydrogen-bond acceptors (Lipinski definition) is 1. The van der Waals surface area contributed by atoms with Crippen LogP contribution in [-0.4, -0.2) is 6.54 Å². The number of benzene rings is 2. The quantitative estimate of drug-likeness (QED) is 0.553. The van der Waals surface area contributed by atoms with Crippen molar-refractivity contribution >= 4 is 0 Å². The molecular weight excluding hydrogens is 278 g/mol. The van der Waals surface area contributed by atoms with Gasteiger partial charge >= 0.3 is 0 Å².